The van der Waals surface area contributed by atoms with Crippen LogP contribution in [0, 0.1) is 0 Å². The van der Waals surface area contributed by atoms with Gasteiger partial charge in [-0.25, -0.2) is 0 Å². The first-order valence-corrected chi connectivity index (χ1v) is 8.01. The van der Waals surface area contributed by atoms with E-state index in [1.807, 2.05) is 24.3 Å². The van der Waals surface area contributed by atoms with Crippen LogP contribution in [0.1, 0.15) is 11.3 Å². The Balaban J connectivity index is 1.47. The quantitative estimate of drug-likeness (QED) is 0.915. The van der Waals surface area contributed by atoms with Crippen molar-refractivity contribution in [2.45, 2.75) is 13.1 Å². The molecule has 0 bridgehead atoms. The Labute approximate surface area is 137 Å². The van der Waals surface area contributed by atoms with Gasteiger partial charge in [0.1, 0.15) is 5.75 Å². The van der Waals surface area contributed by atoms with Gasteiger partial charge in [-0.05, 0) is 29.8 Å². The van der Waals surface area contributed by atoms with Gasteiger partial charge in [0.25, 0.3) is 0 Å². The van der Waals surface area contributed by atoms with Crippen LogP contribution in [-0.4, -0.2) is 48.1 Å². The number of anilines is 1. The highest BCUT2D eigenvalue weighted by Crippen LogP contribution is 2.15. The molecule has 0 amide bonds. The molecule has 2 N–H and O–H groups in total. The summed E-state index contributed by atoms with van der Waals surface area (Å²) in [5.74, 6) is 0.912. The van der Waals surface area contributed by atoms with Crippen LogP contribution < -0.4 is 10.5 Å². The highest BCUT2D eigenvalue weighted by Gasteiger charge is 2.17. The maximum Gasteiger partial charge on any atom is 0.118 e. The van der Waals surface area contributed by atoms with Crippen LogP contribution in [0.3, 0.4) is 0 Å². The first-order chi connectivity index (χ1) is 11.2. The second kappa shape index (κ2) is 7.44. The first kappa shape index (κ1) is 15.8. The highest BCUT2D eigenvalue weighted by atomic mass is 16.5. The van der Waals surface area contributed by atoms with Gasteiger partial charge in [0.05, 0.1) is 24.7 Å². The summed E-state index contributed by atoms with van der Waals surface area (Å²) in [6, 6.07) is 12.3. The zero-order chi connectivity index (χ0) is 16.1. The maximum absolute atomic E-state index is 5.68. The van der Waals surface area contributed by atoms with Gasteiger partial charge in [-0.1, -0.05) is 12.1 Å². The van der Waals surface area contributed by atoms with Crippen LogP contribution in [0.15, 0.2) is 42.6 Å². The summed E-state index contributed by atoms with van der Waals surface area (Å²) in [5, 5.41) is 0. The van der Waals surface area contributed by atoms with Crippen LogP contribution in [0.25, 0.3) is 0 Å². The molecule has 1 aromatic carbocycles. The first-order valence-electron chi connectivity index (χ1n) is 8.01. The zero-order valence-corrected chi connectivity index (χ0v) is 13.6. The Hall–Kier alpha value is -2.11. The van der Waals surface area contributed by atoms with E-state index in [9.17, 15) is 0 Å². The molecule has 0 spiro atoms. The molecule has 1 saturated heterocycles. The van der Waals surface area contributed by atoms with E-state index in [-0.39, 0.29) is 0 Å². The number of hydrogen-bond donors (Lipinski definition) is 1. The van der Waals surface area contributed by atoms with E-state index in [1.54, 1.807) is 13.3 Å². The number of rotatable bonds is 5. The van der Waals surface area contributed by atoms with E-state index < -0.39 is 0 Å². The van der Waals surface area contributed by atoms with Crippen molar-refractivity contribution in [3.05, 3.63) is 53.9 Å². The molecule has 0 saturated carbocycles. The van der Waals surface area contributed by atoms with Crippen molar-refractivity contribution in [1.82, 2.24) is 14.8 Å². The average molecular weight is 312 g/mol. The van der Waals surface area contributed by atoms with E-state index in [0.29, 0.717) is 0 Å². The van der Waals surface area contributed by atoms with Crippen LogP contribution in [0.5, 0.6) is 5.75 Å². The lowest BCUT2D eigenvalue weighted by atomic mass is 10.2. The molecule has 1 fully saturated rings. The number of ether oxygens (including phenoxy) is 1. The monoisotopic (exact) mass is 312 g/mol. The minimum absolute atomic E-state index is 0.720. The largest absolute Gasteiger partial charge is 0.497 e. The summed E-state index contributed by atoms with van der Waals surface area (Å²) in [5.41, 5.74) is 8.82. The van der Waals surface area contributed by atoms with Crippen LogP contribution in [0.4, 0.5) is 5.69 Å². The van der Waals surface area contributed by atoms with Gasteiger partial charge in [-0.15, -0.1) is 0 Å². The van der Waals surface area contributed by atoms with E-state index in [0.717, 1.165) is 56.4 Å². The number of piperazine rings is 1. The predicted octanol–water partition coefficient (Wildman–Crippen LogP) is 1.99. The highest BCUT2D eigenvalue weighted by molar-refractivity contribution is 5.34. The molecule has 5 heteroatoms. The van der Waals surface area contributed by atoms with Gasteiger partial charge in [0, 0.05) is 39.3 Å². The van der Waals surface area contributed by atoms with Crippen LogP contribution >= 0.6 is 0 Å². The lowest BCUT2D eigenvalue weighted by Crippen LogP contribution is -2.45. The summed E-state index contributed by atoms with van der Waals surface area (Å²) in [6.45, 7) is 6.21. The number of nitrogens with two attached hydrogens (primary N) is 1. The van der Waals surface area contributed by atoms with Crippen molar-refractivity contribution in [3.8, 4) is 5.75 Å². The van der Waals surface area contributed by atoms with Crippen LogP contribution in [-0.2, 0) is 13.1 Å². The molecule has 0 unspecified atom stereocenters. The summed E-state index contributed by atoms with van der Waals surface area (Å²) < 4.78 is 5.20. The predicted molar refractivity (Wildman–Crippen MR) is 92.2 cm³/mol. The number of methoxy groups -OCH3 is 1. The molecule has 1 aliphatic rings. The van der Waals surface area contributed by atoms with Gasteiger partial charge < -0.3 is 10.5 Å². The molecule has 2 heterocycles. The molecule has 1 aliphatic heterocycles. The number of nitrogen functional groups attached to an aromatic ring is 1. The standard InChI is InChI=1S/C18H24N4O/c1-23-18-6-2-15(3-7-18)13-21-8-10-22(11-9-21)14-17-5-4-16(19)12-20-17/h2-7,12H,8-11,13-14,19H2,1H3. The number of pyridine rings is 1. The molecule has 23 heavy (non-hydrogen) atoms. The van der Waals surface area contributed by atoms with E-state index in [1.165, 1.54) is 5.56 Å². The van der Waals surface area contributed by atoms with Crippen molar-refractivity contribution in [1.29, 1.82) is 0 Å². The van der Waals surface area contributed by atoms with Gasteiger partial charge in [-0.2, -0.15) is 0 Å². The SMILES string of the molecule is COc1ccc(CN2CCN(Cc3ccc(N)cn3)CC2)cc1. The molecule has 0 radical (unpaired) electrons. The van der Waals surface area contributed by atoms with E-state index >= 15 is 0 Å². The third-order valence-corrected chi connectivity index (χ3v) is 4.26. The zero-order valence-electron chi connectivity index (χ0n) is 13.6. The number of hydrogen-bond acceptors (Lipinski definition) is 5. The Morgan fingerprint density at radius 1 is 0.957 bits per heavy atom. The molecular formula is C18H24N4O. The lowest BCUT2D eigenvalue weighted by Gasteiger charge is -2.34. The van der Waals surface area contributed by atoms with Gasteiger partial charge in [0.2, 0.25) is 0 Å². The number of benzene rings is 1. The summed E-state index contributed by atoms with van der Waals surface area (Å²) in [4.78, 5) is 9.33. The van der Waals surface area contributed by atoms with Crippen LogP contribution in [0.2, 0.25) is 0 Å². The van der Waals surface area contributed by atoms with Gasteiger partial charge >= 0.3 is 0 Å². The van der Waals surface area contributed by atoms with E-state index in [2.05, 4.69) is 26.9 Å². The van der Waals surface area contributed by atoms with Crippen molar-refractivity contribution in [3.63, 3.8) is 0 Å². The Morgan fingerprint density at radius 3 is 2.17 bits per heavy atom. The number of nitrogens with zero attached hydrogens (tertiary/aromatic N) is 3. The van der Waals surface area contributed by atoms with E-state index in [4.69, 9.17) is 10.5 Å². The Kier molecular flexibility index (Phi) is 5.10. The summed E-state index contributed by atoms with van der Waals surface area (Å²) in [7, 11) is 1.70. The fourth-order valence-electron chi connectivity index (χ4n) is 2.85. The second-order valence-electron chi connectivity index (χ2n) is 5.98. The Bertz CT molecular complexity index is 604. The average Bonchev–Trinajstić information content (AvgIpc) is 2.59. The molecule has 0 aliphatic carbocycles. The van der Waals surface area contributed by atoms with Crippen molar-refractivity contribution in [2.24, 2.45) is 0 Å². The fraction of sp³-hybridized carbons (Fsp3) is 0.389. The van der Waals surface area contributed by atoms with Crippen molar-refractivity contribution in [2.75, 3.05) is 39.0 Å². The normalized spacial score (nSPS) is 16.4. The number of aromatic nitrogens is 1. The minimum Gasteiger partial charge on any atom is -0.497 e. The third-order valence-electron chi connectivity index (χ3n) is 4.26. The topological polar surface area (TPSA) is 54.6 Å². The Morgan fingerprint density at radius 2 is 1.61 bits per heavy atom. The fourth-order valence-corrected chi connectivity index (χ4v) is 2.85. The van der Waals surface area contributed by atoms with Crippen molar-refractivity contribution < 1.29 is 4.74 Å². The minimum atomic E-state index is 0.720. The summed E-state index contributed by atoms with van der Waals surface area (Å²) in [6.07, 6.45) is 1.73. The third kappa shape index (κ3) is 4.43. The molecule has 1 aromatic heterocycles. The second-order valence-corrected chi connectivity index (χ2v) is 5.98. The van der Waals surface area contributed by atoms with Gasteiger partial charge in [-0.3, -0.25) is 14.8 Å². The molecule has 5 nitrogen and oxygen atoms in total. The van der Waals surface area contributed by atoms with Gasteiger partial charge in [0.15, 0.2) is 0 Å². The molecular weight excluding hydrogens is 288 g/mol. The van der Waals surface area contributed by atoms with Crippen molar-refractivity contribution >= 4 is 5.69 Å². The maximum atomic E-state index is 5.68. The summed E-state index contributed by atoms with van der Waals surface area (Å²) >= 11 is 0. The lowest BCUT2D eigenvalue weighted by molar-refractivity contribution is 0.121. The molecule has 3 rings (SSSR count). The molecule has 2 aromatic rings. The molecule has 0 atom stereocenters. The molecule has 122 valence electrons. The smallest absolute Gasteiger partial charge is 0.118 e.